The standard InChI is InChI=1S/C48H42N2O/c1-47(2,3)37-28-40-39-24-16-23-38(44(39)51-45(40)41(29-37)48(4,5)6)35-25-34(31-17-10-7-11-18-31)26-36(27-35)43-30-42(32-19-12-8-13-20-32)49-46(50-43)33-21-14-9-15-22-33/h7-30H,1-6H3. The van der Waals surface area contributed by atoms with Gasteiger partial charge in [-0.3, -0.25) is 0 Å². The van der Waals surface area contributed by atoms with E-state index in [9.17, 15) is 0 Å². The first-order chi connectivity index (χ1) is 24.5. The van der Waals surface area contributed by atoms with E-state index in [4.69, 9.17) is 14.4 Å². The zero-order valence-electron chi connectivity index (χ0n) is 30.2. The predicted molar refractivity (Wildman–Crippen MR) is 214 cm³/mol. The molecule has 0 fully saturated rings. The van der Waals surface area contributed by atoms with Gasteiger partial charge in [-0.2, -0.15) is 0 Å². The molecule has 8 rings (SSSR count). The van der Waals surface area contributed by atoms with Crippen molar-refractivity contribution in [2.24, 2.45) is 0 Å². The monoisotopic (exact) mass is 662 g/mol. The van der Waals surface area contributed by atoms with Crippen molar-refractivity contribution in [2.75, 3.05) is 0 Å². The van der Waals surface area contributed by atoms with E-state index in [-0.39, 0.29) is 10.8 Å². The van der Waals surface area contributed by atoms with Crippen LogP contribution >= 0.6 is 0 Å². The molecule has 0 bridgehead atoms. The van der Waals surface area contributed by atoms with Crippen LogP contribution in [0.3, 0.4) is 0 Å². The molecular weight excluding hydrogens is 621 g/mol. The van der Waals surface area contributed by atoms with Gasteiger partial charge in [0.05, 0.1) is 11.4 Å². The van der Waals surface area contributed by atoms with E-state index in [0.29, 0.717) is 5.82 Å². The molecular formula is C48H42N2O. The van der Waals surface area contributed by atoms with E-state index in [0.717, 1.165) is 66.9 Å². The smallest absolute Gasteiger partial charge is 0.160 e. The number of rotatable bonds is 5. The zero-order chi connectivity index (χ0) is 35.3. The average molecular weight is 663 g/mol. The van der Waals surface area contributed by atoms with Gasteiger partial charge in [0.1, 0.15) is 11.2 Å². The molecule has 0 saturated carbocycles. The highest BCUT2D eigenvalue weighted by Crippen LogP contribution is 2.44. The summed E-state index contributed by atoms with van der Waals surface area (Å²) in [6, 6.07) is 51.3. The highest BCUT2D eigenvalue weighted by molar-refractivity contribution is 6.11. The zero-order valence-corrected chi connectivity index (χ0v) is 30.2. The molecule has 0 unspecified atom stereocenters. The maximum absolute atomic E-state index is 6.98. The first kappa shape index (κ1) is 32.4. The van der Waals surface area contributed by atoms with Gasteiger partial charge in [0.25, 0.3) is 0 Å². The van der Waals surface area contributed by atoms with E-state index < -0.39 is 0 Å². The Bertz CT molecular complexity index is 2460. The van der Waals surface area contributed by atoms with Crippen molar-refractivity contribution < 1.29 is 4.42 Å². The molecule has 250 valence electrons. The van der Waals surface area contributed by atoms with Crippen molar-refractivity contribution in [2.45, 2.75) is 52.4 Å². The van der Waals surface area contributed by atoms with Gasteiger partial charge in [0.2, 0.25) is 0 Å². The van der Waals surface area contributed by atoms with E-state index in [1.807, 2.05) is 24.3 Å². The lowest BCUT2D eigenvalue weighted by Crippen LogP contribution is -2.16. The van der Waals surface area contributed by atoms with Gasteiger partial charge in [-0.05, 0) is 63.4 Å². The van der Waals surface area contributed by atoms with Crippen molar-refractivity contribution in [3.05, 3.63) is 157 Å². The molecule has 2 aromatic heterocycles. The fraction of sp³-hybridized carbons (Fsp3) is 0.167. The van der Waals surface area contributed by atoms with Crippen LogP contribution in [0.4, 0.5) is 0 Å². The minimum atomic E-state index is -0.0894. The molecule has 3 nitrogen and oxygen atoms in total. The van der Waals surface area contributed by atoms with Crippen molar-refractivity contribution in [3.8, 4) is 56.2 Å². The van der Waals surface area contributed by atoms with Crippen LogP contribution in [0.25, 0.3) is 78.1 Å². The van der Waals surface area contributed by atoms with Crippen molar-refractivity contribution in [1.82, 2.24) is 9.97 Å². The van der Waals surface area contributed by atoms with E-state index >= 15 is 0 Å². The molecule has 2 heterocycles. The minimum Gasteiger partial charge on any atom is -0.455 e. The summed E-state index contributed by atoms with van der Waals surface area (Å²) in [5, 5.41) is 2.30. The molecule has 0 atom stereocenters. The number of para-hydroxylation sites is 1. The first-order valence-electron chi connectivity index (χ1n) is 17.7. The van der Waals surface area contributed by atoms with Crippen LogP contribution in [-0.4, -0.2) is 9.97 Å². The summed E-state index contributed by atoms with van der Waals surface area (Å²) < 4.78 is 6.98. The van der Waals surface area contributed by atoms with Crippen LogP contribution in [0.2, 0.25) is 0 Å². The Morgan fingerprint density at radius 1 is 0.412 bits per heavy atom. The summed E-state index contributed by atoms with van der Waals surface area (Å²) in [5.41, 5.74) is 13.5. The fourth-order valence-electron chi connectivity index (χ4n) is 6.91. The van der Waals surface area contributed by atoms with Crippen LogP contribution in [0.1, 0.15) is 52.7 Å². The van der Waals surface area contributed by atoms with Crippen LogP contribution in [-0.2, 0) is 10.8 Å². The van der Waals surface area contributed by atoms with Crippen LogP contribution in [0.15, 0.2) is 150 Å². The van der Waals surface area contributed by atoms with E-state index in [1.165, 1.54) is 16.5 Å². The highest BCUT2D eigenvalue weighted by Gasteiger charge is 2.26. The maximum Gasteiger partial charge on any atom is 0.160 e. The van der Waals surface area contributed by atoms with E-state index in [2.05, 4.69) is 163 Å². The quantitative estimate of drug-likeness (QED) is 0.184. The molecule has 3 heteroatoms. The Morgan fingerprint density at radius 2 is 0.980 bits per heavy atom. The van der Waals surface area contributed by atoms with Gasteiger partial charge in [0.15, 0.2) is 5.82 Å². The number of hydrogen-bond donors (Lipinski definition) is 0. The first-order valence-corrected chi connectivity index (χ1v) is 17.7. The molecule has 0 spiro atoms. The summed E-state index contributed by atoms with van der Waals surface area (Å²) in [5.74, 6) is 0.697. The van der Waals surface area contributed by atoms with Gasteiger partial charge in [-0.15, -0.1) is 0 Å². The second-order valence-electron chi connectivity index (χ2n) is 15.5. The number of fused-ring (bicyclic) bond motifs is 3. The minimum absolute atomic E-state index is 0.00303. The predicted octanol–water partition coefficient (Wildman–Crippen LogP) is 13.3. The second kappa shape index (κ2) is 12.5. The van der Waals surface area contributed by atoms with Gasteiger partial charge in [-0.1, -0.05) is 157 Å². The third-order valence-electron chi connectivity index (χ3n) is 9.75. The summed E-state index contributed by atoms with van der Waals surface area (Å²) in [6.07, 6.45) is 0. The normalized spacial score (nSPS) is 12.1. The number of hydrogen-bond acceptors (Lipinski definition) is 3. The molecule has 0 aliphatic rings. The van der Waals surface area contributed by atoms with E-state index in [1.54, 1.807) is 0 Å². The average Bonchev–Trinajstić information content (AvgIpc) is 3.53. The molecule has 8 aromatic rings. The van der Waals surface area contributed by atoms with Crippen LogP contribution in [0, 0.1) is 0 Å². The van der Waals surface area contributed by atoms with Crippen LogP contribution in [0.5, 0.6) is 0 Å². The summed E-state index contributed by atoms with van der Waals surface area (Å²) in [4.78, 5) is 10.3. The number of furan rings is 1. The molecule has 0 amide bonds. The fourth-order valence-corrected chi connectivity index (χ4v) is 6.91. The van der Waals surface area contributed by atoms with Gasteiger partial charge >= 0.3 is 0 Å². The number of benzene rings is 6. The Hall–Kier alpha value is -5.80. The Labute approximate surface area is 300 Å². The Kier molecular flexibility index (Phi) is 7.95. The lowest BCUT2D eigenvalue weighted by molar-refractivity contribution is 0.559. The molecule has 51 heavy (non-hydrogen) atoms. The maximum atomic E-state index is 6.98. The lowest BCUT2D eigenvalue weighted by Gasteiger charge is -2.25. The Balaban J connectivity index is 1.39. The molecule has 6 aromatic carbocycles. The number of nitrogens with zero attached hydrogens (tertiary/aromatic N) is 2. The van der Waals surface area contributed by atoms with Gasteiger partial charge in [0, 0.05) is 38.6 Å². The van der Waals surface area contributed by atoms with Crippen molar-refractivity contribution in [3.63, 3.8) is 0 Å². The van der Waals surface area contributed by atoms with Crippen LogP contribution < -0.4 is 0 Å². The Morgan fingerprint density at radius 3 is 1.61 bits per heavy atom. The van der Waals surface area contributed by atoms with Crippen molar-refractivity contribution >= 4 is 21.9 Å². The topological polar surface area (TPSA) is 38.9 Å². The second-order valence-corrected chi connectivity index (χ2v) is 15.5. The summed E-state index contributed by atoms with van der Waals surface area (Å²) >= 11 is 0. The molecule has 0 aliphatic heterocycles. The van der Waals surface area contributed by atoms with Crippen molar-refractivity contribution in [1.29, 1.82) is 0 Å². The van der Waals surface area contributed by atoms with Gasteiger partial charge < -0.3 is 4.42 Å². The molecule has 0 aliphatic carbocycles. The summed E-state index contributed by atoms with van der Waals surface area (Å²) in [6.45, 7) is 13.7. The molecule has 0 N–H and O–H groups in total. The van der Waals surface area contributed by atoms with Gasteiger partial charge in [-0.25, -0.2) is 9.97 Å². The molecule has 0 saturated heterocycles. The summed E-state index contributed by atoms with van der Waals surface area (Å²) in [7, 11) is 0. The third-order valence-corrected chi connectivity index (χ3v) is 9.75. The third kappa shape index (κ3) is 6.25. The largest absolute Gasteiger partial charge is 0.455 e. The lowest BCUT2D eigenvalue weighted by atomic mass is 9.79. The SMILES string of the molecule is CC(C)(C)c1cc(C(C)(C)C)c2oc3c(-c4cc(-c5ccccc5)cc(-c5cc(-c6ccccc6)nc(-c6ccccc6)n5)c4)cccc3c2c1. The molecule has 0 radical (unpaired) electrons. The number of aromatic nitrogens is 2. The highest BCUT2D eigenvalue weighted by atomic mass is 16.3.